The summed E-state index contributed by atoms with van der Waals surface area (Å²) in [6.45, 7) is 3.37. The fourth-order valence-corrected chi connectivity index (χ4v) is 5.36. The number of hydrogen-bond donors (Lipinski definition) is 0. The normalized spacial score (nSPS) is 14.7. The van der Waals surface area contributed by atoms with E-state index >= 15 is 0 Å². The second-order valence-electron chi connectivity index (χ2n) is 8.31. The molecule has 10 heteroatoms. The lowest BCUT2D eigenvalue weighted by molar-refractivity contribution is -0.189. The van der Waals surface area contributed by atoms with Crippen molar-refractivity contribution in [2.45, 2.75) is 44.1 Å². The van der Waals surface area contributed by atoms with E-state index in [4.69, 9.17) is 4.74 Å². The molecule has 0 saturated heterocycles. The maximum atomic E-state index is 13.4. The van der Waals surface area contributed by atoms with Crippen molar-refractivity contribution >= 4 is 27.1 Å². The van der Waals surface area contributed by atoms with E-state index in [2.05, 4.69) is 0 Å². The second kappa shape index (κ2) is 8.74. The standard InChI is InChI=1S/C24H22F3NO4S2/c1-14-8-9-33-22(14)16-4-5-17-12-28(13-18(17)10-16)23(29)20-11-19(34(3,30)31)6-7-21(20)32-15(2)24(25,26)27/h4-11,15H,12-13H2,1-3H3. The first-order chi connectivity index (χ1) is 15.8. The molecule has 1 aliphatic rings. The summed E-state index contributed by atoms with van der Waals surface area (Å²) in [5, 5.41) is 2.01. The van der Waals surface area contributed by atoms with Crippen molar-refractivity contribution < 1.29 is 31.1 Å². The van der Waals surface area contributed by atoms with Crippen molar-refractivity contribution in [3.05, 3.63) is 70.1 Å². The van der Waals surface area contributed by atoms with Crippen molar-refractivity contribution in [3.8, 4) is 16.2 Å². The Morgan fingerprint density at radius 2 is 1.79 bits per heavy atom. The summed E-state index contributed by atoms with van der Waals surface area (Å²) in [7, 11) is -3.69. The van der Waals surface area contributed by atoms with Crippen LogP contribution in [0.25, 0.3) is 10.4 Å². The molecule has 0 saturated carbocycles. The largest absolute Gasteiger partial charge is 0.480 e. The van der Waals surface area contributed by atoms with Crippen molar-refractivity contribution in [2.75, 3.05) is 6.26 Å². The second-order valence-corrected chi connectivity index (χ2v) is 11.2. The summed E-state index contributed by atoms with van der Waals surface area (Å²) in [5.41, 5.74) is 3.82. The monoisotopic (exact) mass is 509 g/mol. The van der Waals surface area contributed by atoms with E-state index in [1.165, 1.54) is 4.90 Å². The Balaban J connectivity index is 1.66. The molecule has 0 bridgehead atoms. The number of carbonyl (C=O) groups excluding carboxylic acids is 1. The van der Waals surface area contributed by atoms with Gasteiger partial charge in [0.05, 0.1) is 10.5 Å². The first-order valence-corrected chi connectivity index (χ1v) is 13.1. The zero-order valence-corrected chi connectivity index (χ0v) is 20.3. The van der Waals surface area contributed by atoms with Gasteiger partial charge < -0.3 is 9.64 Å². The Hall–Kier alpha value is -2.85. The summed E-state index contributed by atoms with van der Waals surface area (Å²) < 4.78 is 68.4. The van der Waals surface area contributed by atoms with Gasteiger partial charge in [0.2, 0.25) is 0 Å². The zero-order chi connectivity index (χ0) is 24.8. The minimum atomic E-state index is -4.64. The van der Waals surface area contributed by atoms with Gasteiger partial charge in [-0.15, -0.1) is 11.3 Å². The van der Waals surface area contributed by atoms with E-state index in [-0.39, 0.29) is 29.3 Å². The number of alkyl halides is 3. The fourth-order valence-electron chi connectivity index (χ4n) is 3.79. The Labute approximate surface area is 199 Å². The summed E-state index contributed by atoms with van der Waals surface area (Å²) in [5.74, 6) is -0.909. The van der Waals surface area contributed by atoms with Crippen LogP contribution < -0.4 is 4.74 Å². The van der Waals surface area contributed by atoms with E-state index in [0.717, 1.165) is 58.5 Å². The number of halogens is 3. The Kier molecular flexibility index (Phi) is 6.24. The zero-order valence-electron chi connectivity index (χ0n) is 18.6. The number of benzene rings is 2. The van der Waals surface area contributed by atoms with Crippen LogP contribution in [0.3, 0.4) is 0 Å². The third-order valence-electron chi connectivity index (χ3n) is 5.71. The van der Waals surface area contributed by atoms with Crippen molar-refractivity contribution in [1.29, 1.82) is 0 Å². The lowest BCUT2D eigenvalue weighted by Crippen LogP contribution is -2.32. The number of rotatable bonds is 5. The number of thiophene rings is 1. The van der Waals surface area contributed by atoms with Gasteiger partial charge in [0.25, 0.3) is 5.91 Å². The molecular weight excluding hydrogens is 487 g/mol. The smallest absolute Gasteiger partial charge is 0.425 e. The number of sulfone groups is 1. The van der Waals surface area contributed by atoms with Crippen LogP contribution in [0.5, 0.6) is 5.75 Å². The molecule has 0 N–H and O–H groups in total. The number of carbonyl (C=O) groups is 1. The minimum absolute atomic E-state index is 0.171. The molecule has 3 aromatic rings. The summed E-state index contributed by atoms with van der Waals surface area (Å²) in [4.78, 5) is 15.8. The predicted molar refractivity (Wildman–Crippen MR) is 124 cm³/mol. The molecule has 0 aliphatic carbocycles. The average Bonchev–Trinajstić information content (AvgIpc) is 3.37. The number of aryl methyl sites for hydroxylation is 1. The third kappa shape index (κ3) is 4.83. The van der Waals surface area contributed by atoms with E-state index in [9.17, 15) is 26.4 Å². The number of nitrogens with zero attached hydrogens (tertiary/aromatic N) is 1. The van der Waals surface area contributed by atoms with E-state index in [0.29, 0.717) is 0 Å². The van der Waals surface area contributed by atoms with E-state index in [1.807, 2.05) is 36.6 Å². The van der Waals surface area contributed by atoms with Crippen LogP contribution in [0.1, 0.15) is 34.0 Å². The van der Waals surface area contributed by atoms with Crippen LogP contribution >= 0.6 is 11.3 Å². The Morgan fingerprint density at radius 1 is 1.09 bits per heavy atom. The van der Waals surface area contributed by atoms with E-state index in [1.54, 1.807) is 11.3 Å². The SMILES string of the molecule is Cc1ccsc1-c1ccc2c(c1)CN(C(=O)c1cc(S(C)(=O)=O)ccc1OC(C)C(F)(F)F)C2. The van der Waals surface area contributed by atoms with Crippen LogP contribution in [0.4, 0.5) is 13.2 Å². The molecule has 1 aliphatic heterocycles. The molecular formula is C24H22F3NO4S2. The molecule has 180 valence electrons. The van der Waals surface area contributed by atoms with Gasteiger partial charge >= 0.3 is 6.18 Å². The van der Waals surface area contributed by atoms with Gasteiger partial charge in [0.15, 0.2) is 15.9 Å². The molecule has 2 aromatic carbocycles. The van der Waals surface area contributed by atoms with Crippen LogP contribution in [0.15, 0.2) is 52.7 Å². The Morgan fingerprint density at radius 3 is 2.41 bits per heavy atom. The van der Waals surface area contributed by atoms with Crippen LogP contribution in [0.2, 0.25) is 0 Å². The number of ether oxygens (including phenoxy) is 1. The maximum Gasteiger partial charge on any atom is 0.425 e. The van der Waals surface area contributed by atoms with Crippen LogP contribution in [-0.2, 0) is 22.9 Å². The summed E-state index contributed by atoms with van der Waals surface area (Å²) in [6.07, 6.45) is -5.85. The third-order valence-corrected chi connectivity index (χ3v) is 7.89. The number of fused-ring (bicyclic) bond motifs is 1. The highest BCUT2D eigenvalue weighted by molar-refractivity contribution is 7.90. The van der Waals surface area contributed by atoms with Gasteiger partial charge in [-0.2, -0.15) is 13.2 Å². The lowest BCUT2D eigenvalue weighted by atomic mass is 10.0. The molecule has 2 heterocycles. The number of amides is 1. The highest BCUT2D eigenvalue weighted by Crippen LogP contribution is 2.35. The summed E-state index contributed by atoms with van der Waals surface area (Å²) in [6, 6.07) is 11.3. The van der Waals surface area contributed by atoms with Gasteiger partial charge in [0, 0.05) is 24.2 Å². The van der Waals surface area contributed by atoms with Gasteiger partial charge in [-0.3, -0.25) is 4.79 Å². The van der Waals surface area contributed by atoms with Gasteiger partial charge in [0.1, 0.15) is 5.75 Å². The van der Waals surface area contributed by atoms with Crippen molar-refractivity contribution in [2.24, 2.45) is 0 Å². The van der Waals surface area contributed by atoms with Crippen molar-refractivity contribution in [3.63, 3.8) is 0 Å². The minimum Gasteiger partial charge on any atom is -0.480 e. The maximum absolute atomic E-state index is 13.4. The molecule has 0 fully saturated rings. The molecule has 0 spiro atoms. The topological polar surface area (TPSA) is 63.7 Å². The Bertz CT molecular complexity index is 1360. The quantitative estimate of drug-likeness (QED) is 0.448. The highest BCUT2D eigenvalue weighted by Gasteiger charge is 2.39. The molecule has 1 aromatic heterocycles. The van der Waals surface area contributed by atoms with Gasteiger partial charge in [-0.1, -0.05) is 12.1 Å². The van der Waals surface area contributed by atoms with E-state index < -0.39 is 28.0 Å². The van der Waals surface area contributed by atoms with Gasteiger partial charge in [-0.25, -0.2) is 8.42 Å². The van der Waals surface area contributed by atoms with Gasteiger partial charge in [-0.05, 0) is 71.8 Å². The lowest BCUT2D eigenvalue weighted by Gasteiger charge is -2.22. The molecule has 1 amide bonds. The molecule has 4 rings (SSSR count). The molecule has 1 atom stereocenters. The molecule has 34 heavy (non-hydrogen) atoms. The van der Waals surface area contributed by atoms with Crippen LogP contribution in [0, 0.1) is 6.92 Å². The molecule has 0 radical (unpaired) electrons. The molecule has 1 unspecified atom stereocenters. The fraction of sp³-hybridized carbons (Fsp3) is 0.292. The highest BCUT2D eigenvalue weighted by atomic mass is 32.2. The molecule has 5 nitrogen and oxygen atoms in total. The first-order valence-electron chi connectivity index (χ1n) is 10.4. The van der Waals surface area contributed by atoms with Crippen molar-refractivity contribution in [1.82, 2.24) is 4.90 Å². The predicted octanol–water partition coefficient (Wildman–Crippen LogP) is 5.61. The number of hydrogen-bond acceptors (Lipinski definition) is 5. The summed E-state index contributed by atoms with van der Waals surface area (Å²) >= 11 is 1.62. The van der Waals surface area contributed by atoms with Crippen LogP contribution in [-0.4, -0.2) is 37.8 Å². The first kappa shape index (κ1) is 24.3. The average molecular weight is 510 g/mol.